The monoisotopic (exact) mass is 293 g/mol. The average Bonchev–Trinajstić information content (AvgIpc) is 2.73. The van der Waals surface area contributed by atoms with Crippen molar-refractivity contribution in [2.75, 3.05) is 13.2 Å². The van der Waals surface area contributed by atoms with Crippen LogP contribution in [0.1, 0.15) is 40.3 Å². The molecule has 0 radical (unpaired) electrons. The molecule has 0 aromatic carbocycles. The zero-order valence-electron chi connectivity index (χ0n) is 11.9. The molecule has 0 aliphatic rings. The SMILES string of the molecule is CCOC(=O)c1cc2[nH]c(C)c(C(=O)OCC)c2oc1=O. The molecule has 0 spiro atoms. The van der Waals surface area contributed by atoms with E-state index in [9.17, 15) is 14.4 Å². The van der Waals surface area contributed by atoms with Crippen LogP contribution >= 0.6 is 0 Å². The maximum atomic E-state index is 11.9. The molecule has 112 valence electrons. The van der Waals surface area contributed by atoms with E-state index in [0.29, 0.717) is 11.2 Å². The smallest absolute Gasteiger partial charge is 0.351 e. The molecule has 0 saturated heterocycles. The highest BCUT2D eigenvalue weighted by Crippen LogP contribution is 2.22. The summed E-state index contributed by atoms with van der Waals surface area (Å²) in [6, 6.07) is 1.31. The molecule has 0 aliphatic carbocycles. The minimum atomic E-state index is -0.856. The summed E-state index contributed by atoms with van der Waals surface area (Å²) < 4.78 is 14.8. The van der Waals surface area contributed by atoms with Gasteiger partial charge in [0.05, 0.1) is 18.7 Å². The van der Waals surface area contributed by atoms with E-state index in [1.165, 1.54) is 6.07 Å². The second-order valence-corrected chi connectivity index (χ2v) is 4.26. The lowest BCUT2D eigenvalue weighted by molar-refractivity contribution is 0.0517. The third-order valence-corrected chi connectivity index (χ3v) is 2.85. The standard InChI is InChI=1S/C14H15NO6/c1-4-19-12(16)8-6-9-11(21-13(8)17)10(7(3)15-9)14(18)20-5-2/h6,15H,4-5H2,1-3H3. The lowest BCUT2D eigenvalue weighted by atomic mass is 10.2. The van der Waals surface area contributed by atoms with Gasteiger partial charge >= 0.3 is 17.6 Å². The number of hydrogen-bond donors (Lipinski definition) is 1. The molecule has 2 rings (SSSR count). The van der Waals surface area contributed by atoms with Crippen molar-refractivity contribution >= 4 is 23.0 Å². The molecule has 21 heavy (non-hydrogen) atoms. The molecule has 1 N–H and O–H groups in total. The Morgan fingerprint density at radius 1 is 1.19 bits per heavy atom. The van der Waals surface area contributed by atoms with E-state index < -0.39 is 17.6 Å². The fourth-order valence-corrected chi connectivity index (χ4v) is 1.98. The molecule has 7 nitrogen and oxygen atoms in total. The van der Waals surface area contributed by atoms with Crippen LogP contribution < -0.4 is 5.63 Å². The number of hydrogen-bond acceptors (Lipinski definition) is 6. The summed E-state index contributed by atoms with van der Waals surface area (Å²) in [5.74, 6) is -1.36. The van der Waals surface area contributed by atoms with E-state index in [4.69, 9.17) is 13.9 Å². The summed E-state index contributed by atoms with van der Waals surface area (Å²) in [7, 11) is 0. The number of rotatable bonds is 4. The molecular weight excluding hydrogens is 278 g/mol. The summed E-state index contributed by atoms with van der Waals surface area (Å²) >= 11 is 0. The summed E-state index contributed by atoms with van der Waals surface area (Å²) in [5, 5.41) is 0. The topological polar surface area (TPSA) is 98.6 Å². The van der Waals surface area contributed by atoms with Crippen molar-refractivity contribution < 1.29 is 23.5 Å². The van der Waals surface area contributed by atoms with Gasteiger partial charge in [0.1, 0.15) is 11.1 Å². The van der Waals surface area contributed by atoms with Crippen LogP contribution in [0.4, 0.5) is 0 Å². The van der Waals surface area contributed by atoms with Crippen LogP contribution in [0.25, 0.3) is 11.1 Å². The molecule has 0 saturated carbocycles. The van der Waals surface area contributed by atoms with Crippen LogP contribution in [-0.2, 0) is 9.47 Å². The average molecular weight is 293 g/mol. The quantitative estimate of drug-likeness (QED) is 0.863. The maximum Gasteiger partial charge on any atom is 0.351 e. The Kier molecular flexibility index (Phi) is 4.11. The molecule has 2 aromatic heterocycles. The minimum Gasteiger partial charge on any atom is -0.462 e. The molecule has 7 heteroatoms. The van der Waals surface area contributed by atoms with Gasteiger partial charge < -0.3 is 18.9 Å². The first-order valence-corrected chi connectivity index (χ1v) is 6.50. The predicted octanol–water partition coefficient (Wildman–Crippen LogP) is 1.78. The molecule has 0 aliphatic heterocycles. The van der Waals surface area contributed by atoms with E-state index in [1.807, 2.05) is 0 Å². The van der Waals surface area contributed by atoms with Gasteiger partial charge in [-0.25, -0.2) is 14.4 Å². The van der Waals surface area contributed by atoms with E-state index in [2.05, 4.69) is 4.98 Å². The first kappa shape index (κ1) is 14.8. The Balaban J connectivity index is 2.60. The van der Waals surface area contributed by atoms with Gasteiger partial charge in [0.2, 0.25) is 0 Å². The van der Waals surface area contributed by atoms with E-state index in [0.717, 1.165) is 0 Å². The summed E-state index contributed by atoms with van der Waals surface area (Å²) in [5.41, 5.74) is 0.000629. The molecule has 2 heterocycles. The zero-order chi connectivity index (χ0) is 15.6. The molecule has 2 aromatic rings. The largest absolute Gasteiger partial charge is 0.462 e. The first-order chi connectivity index (χ1) is 9.99. The number of nitrogens with one attached hydrogen (secondary N) is 1. The maximum absolute atomic E-state index is 11.9. The van der Waals surface area contributed by atoms with Crippen molar-refractivity contribution in [2.24, 2.45) is 0 Å². The van der Waals surface area contributed by atoms with E-state index >= 15 is 0 Å². The van der Waals surface area contributed by atoms with Crippen molar-refractivity contribution in [3.05, 3.63) is 33.3 Å². The van der Waals surface area contributed by atoms with Gasteiger partial charge in [-0.1, -0.05) is 0 Å². The van der Waals surface area contributed by atoms with Crippen molar-refractivity contribution in [1.82, 2.24) is 4.98 Å². The van der Waals surface area contributed by atoms with Crippen molar-refractivity contribution in [3.63, 3.8) is 0 Å². The van der Waals surface area contributed by atoms with Crippen LogP contribution in [0, 0.1) is 6.92 Å². The number of aromatic amines is 1. The number of H-pyrrole nitrogens is 1. The highest BCUT2D eigenvalue weighted by molar-refractivity contribution is 6.04. The predicted molar refractivity (Wildman–Crippen MR) is 73.5 cm³/mol. The number of ether oxygens (including phenoxy) is 2. The second-order valence-electron chi connectivity index (χ2n) is 4.26. The molecule has 0 unspecified atom stereocenters. The highest BCUT2D eigenvalue weighted by atomic mass is 16.5. The Morgan fingerprint density at radius 3 is 2.43 bits per heavy atom. The highest BCUT2D eigenvalue weighted by Gasteiger charge is 2.23. The molecule has 0 atom stereocenters. The third-order valence-electron chi connectivity index (χ3n) is 2.85. The Bertz CT molecular complexity index is 755. The van der Waals surface area contributed by atoms with Gasteiger partial charge in [-0.15, -0.1) is 0 Å². The van der Waals surface area contributed by atoms with Crippen molar-refractivity contribution in [1.29, 1.82) is 0 Å². The molecular formula is C14H15NO6. The van der Waals surface area contributed by atoms with Gasteiger partial charge in [0.25, 0.3) is 0 Å². The van der Waals surface area contributed by atoms with Crippen LogP contribution in [0.5, 0.6) is 0 Å². The number of carbonyl (C=O) groups excluding carboxylic acids is 2. The Morgan fingerprint density at radius 2 is 1.81 bits per heavy atom. The van der Waals surface area contributed by atoms with Gasteiger partial charge in [0.15, 0.2) is 5.58 Å². The molecule has 0 bridgehead atoms. The lowest BCUT2D eigenvalue weighted by Gasteiger charge is -2.01. The van der Waals surface area contributed by atoms with E-state index in [-0.39, 0.29) is 29.9 Å². The Hall–Kier alpha value is -2.57. The summed E-state index contributed by atoms with van der Waals surface area (Å²) in [4.78, 5) is 38.3. The number of carbonyl (C=O) groups is 2. The third kappa shape index (κ3) is 2.67. The fourth-order valence-electron chi connectivity index (χ4n) is 1.98. The minimum absolute atomic E-state index is 0.0731. The lowest BCUT2D eigenvalue weighted by Crippen LogP contribution is -2.16. The zero-order valence-corrected chi connectivity index (χ0v) is 11.9. The van der Waals surface area contributed by atoms with Crippen LogP contribution in [-0.4, -0.2) is 30.1 Å². The van der Waals surface area contributed by atoms with Gasteiger partial charge in [0, 0.05) is 5.69 Å². The normalized spacial score (nSPS) is 10.6. The second kappa shape index (κ2) is 5.82. The summed E-state index contributed by atoms with van der Waals surface area (Å²) in [6.07, 6.45) is 0. The summed E-state index contributed by atoms with van der Waals surface area (Å²) in [6.45, 7) is 5.31. The van der Waals surface area contributed by atoms with E-state index in [1.54, 1.807) is 20.8 Å². The number of esters is 2. The molecule has 0 fully saturated rings. The number of aromatic nitrogens is 1. The van der Waals surface area contributed by atoms with Crippen LogP contribution in [0.15, 0.2) is 15.3 Å². The first-order valence-electron chi connectivity index (χ1n) is 6.50. The number of fused-ring (bicyclic) bond motifs is 1. The fraction of sp³-hybridized carbons (Fsp3) is 0.357. The van der Waals surface area contributed by atoms with Crippen LogP contribution in [0.2, 0.25) is 0 Å². The van der Waals surface area contributed by atoms with Crippen LogP contribution in [0.3, 0.4) is 0 Å². The molecule has 0 amide bonds. The van der Waals surface area contributed by atoms with Gasteiger partial charge in [-0.3, -0.25) is 0 Å². The Labute approximate surface area is 119 Å². The van der Waals surface area contributed by atoms with Crippen molar-refractivity contribution in [2.45, 2.75) is 20.8 Å². The van der Waals surface area contributed by atoms with Gasteiger partial charge in [-0.2, -0.15) is 0 Å². The van der Waals surface area contributed by atoms with Crippen molar-refractivity contribution in [3.8, 4) is 0 Å². The van der Waals surface area contributed by atoms with Gasteiger partial charge in [-0.05, 0) is 26.8 Å². The number of aryl methyl sites for hydroxylation is 1.